The molecule has 3 saturated carbocycles. The predicted octanol–water partition coefficient (Wildman–Crippen LogP) is 1.85. The Morgan fingerprint density at radius 2 is 2.11 bits per heavy atom. The van der Waals surface area contributed by atoms with Gasteiger partial charge in [0, 0.05) is 6.42 Å². The first-order valence-corrected chi connectivity index (χ1v) is 6.54. The van der Waals surface area contributed by atoms with Crippen LogP contribution in [0.3, 0.4) is 0 Å². The normalized spacial score (nSPS) is 40.8. The maximum atomic E-state index is 12.0. The second-order valence-corrected chi connectivity index (χ2v) is 6.06. The molecule has 3 aliphatic rings. The standard InChI is InChI=1S/C15H22O3/c1-8(2)5-14(17)15(18)10(4)11-7-13(16)12(15)6-9(11)3/h5,10-12,14,17-18H,3,6-7H2,1-2,4H3. The summed E-state index contributed by atoms with van der Waals surface area (Å²) in [5.74, 6) is -0.565. The lowest BCUT2D eigenvalue weighted by molar-refractivity contribution is -0.181. The van der Waals surface area contributed by atoms with Crippen molar-refractivity contribution >= 4 is 5.78 Å². The fourth-order valence-corrected chi connectivity index (χ4v) is 3.55. The van der Waals surface area contributed by atoms with Crippen LogP contribution in [0.2, 0.25) is 0 Å². The molecule has 3 fully saturated rings. The molecule has 5 unspecified atom stereocenters. The third-order valence-electron chi connectivity index (χ3n) is 4.66. The summed E-state index contributed by atoms with van der Waals surface area (Å²) >= 11 is 0. The monoisotopic (exact) mass is 250 g/mol. The summed E-state index contributed by atoms with van der Waals surface area (Å²) in [6, 6.07) is 0. The minimum absolute atomic E-state index is 0.00714. The highest BCUT2D eigenvalue weighted by Crippen LogP contribution is 2.52. The van der Waals surface area contributed by atoms with Gasteiger partial charge in [-0.1, -0.05) is 30.7 Å². The number of hydrogen-bond acceptors (Lipinski definition) is 3. The molecule has 18 heavy (non-hydrogen) atoms. The molecule has 0 amide bonds. The van der Waals surface area contributed by atoms with Crippen molar-refractivity contribution in [1.29, 1.82) is 0 Å². The summed E-state index contributed by atoms with van der Waals surface area (Å²) in [5.41, 5.74) is 0.648. The van der Waals surface area contributed by atoms with Crippen molar-refractivity contribution in [3.05, 3.63) is 23.8 Å². The summed E-state index contributed by atoms with van der Waals surface area (Å²) in [6.07, 6.45) is 1.64. The molecule has 0 heterocycles. The van der Waals surface area contributed by atoms with Gasteiger partial charge >= 0.3 is 0 Å². The Labute approximate surface area is 108 Å². The summed E-state index contributed by atoms with van der Waals surface area (Å²) in [6.45, 7) is 9.67. The molecule has 3 heteroatoms. The van der Waals surface area contributed by atoms with E-state index in [1.807, 2.05) is 20.8 Å². The summed E-state index contributed by atoms with van der Waals surface area (Å²) < 4.78 is 0. The number of hydrogen-bond donors (Lipinski definition) is 2. The molecule has 2 N–H and O–H groups in total. The number of rotatable bonds is 2. The van der Waals surface area contributed by atoms with Gasteiger partial charge in [-0.05, 0) is 32.1 Å². The topological polar surface area (TPSA) is 57.5 Å². The molecule has 0 aliphatic heterocycles. The van der Waals surface area contributed by atoms with E-state index in [1.165, 1.54) is 0 Å². The largest absolute Gasteiger partial charge is 0.386 e. The molecular weight excluding hydrogens is 228 g/mol. The van der Waals surface area contributed by atoms with Crippen LogP contribution >= 0.6 is 0 Å². The van der Waals surface area contributed by atoms with Gasteiger partial charge in [-0.25, -0.2) is 0 Å². The molecule has 0 aromatic carbocycles. The van der Waals surface area contributed by atoms with Crippen molar-refractivity contribution < 1.29 is 15.0 Å². The van der Waals surface area contributed by atoms with Gasteiger partial charge in [0.25, 0.3) is 0 Å². The molecule has 3 aliphatic carbocycles. The van der Waals surface area contributed by atoms with Crippen LogP contribution in [0.15, 0.2) is 23.8 Å². The lowest BCUT2D eigenvalue weighted by Crippen LogP contribution is -2.64. The fraction of sp³-hybridized carbons (Fsp3) is 0.667. The molecule has 2 bridgehead atoms. The van der Waals surface area contributed by atoms with Gasteiger partial charge in [-0.3, -0.25) is 4.79 Å². The van der Waals surface area contributed by atoms with Crippen molar-refractivity contribution in [2.75, 3.05) is 0 Å². The number of aliphatic hydroxyl groups excluding tert-OH is 1. The SMILES string of the molecule is C=C1CC2C(=O)CC1C(C)C2(O)C(O)C=C(C)C. The number of ketones is 1. The first-order chi connectivity index (χ1) is 8.28. The average molecular weight is 250 g/mol. The highest BCUT2D eigenvalue weighted by Gasteiger charge is 2.59. The van der Waals surface area contributed by atoms with E-state index in [0.717, 1.165) is 11.1 Å². The molecule has 3 rings (SSSR count). The maximum absolute atomic E-state index is 12.0. The van der Waals surface area contributed by atoms with E-state index >= 15 is 0 Å². The molecule has 0 aromatic rings. The Bertz CT molecular complexity index is 419. The Balaban J connectivity index is 2.40. The van der Waals surface area contributed by atoms with Crippen LogP contribution in [-0.2, 0) is 4.79 Å². The Hall–Kier alpha value is -0.930. The second-order valence-electron chi connectivity index (χ2n) is 6.06. The number of fused-ring (bicyclic) bond motifs is 3. The number of Topliss-reactive ketones (excluding diaryl/α,β-unsaturated/α-hetero) is 1. The van der Waals surface area contributed by atoms with E-state index in [1.54, 1.807) is 6.08 Å². The summed E-state index contributed by atoms with van der Waals surface area (Å²) in [7, 11) is 0. The van der Waals surface area contributed by atoms with Crippen LogP contribution in [0.4, 0.5) is 0 Å². The molecule has 3 nitrogen and oxygen atoms in total. The van der Waals surface area contributed by atoms with Crippen molar-refractivity contribution in [2.24, 2.45) is 17.8 Å². The minimum Gasteiger partial charge on any atom is -0.386 e. The maximum Gasteiger partial charge on any atom is 0.139 e. The van der Waals surface area contributed by atoms with E-state index in [0.29, 0.717) is 12.8 Å². The van der Waals surface area contributed by atoms with E-state index in [-0.39, 0.29) is 17.6 Å². The Morgan fingerprint density at radius 1 is 1.50 bits per heavy atom. The van der Waals surface area contributed by atoms with E-state index < -0.39 is 17.6 Å². The van der Waals surface area contributed by atoms with Gasteiger partial charge in [-0.2, -0.15) is 0 Å². The molecule has 0 saturated heterocycles. The summed E-state index contributed by atoms with van der Waals surface area (Å²) in [5, 5.41) is 21.2. The van der Waals surface area contributed by atoms with E-state index in [4.69, 9.17) is 0 Å². The fourth-order valence-electron chi connectivity index (χ4n) is 3.55. The van der Waals surface area contributed by atoms with Crippen molar-refractivity contribution in [3.63, 3.8) is 0 Å². The van der Waals surface area contributed by atoms with Crippen LogP contribution in [-0.4, -0.2) is 27.7 Å². The number of allylic oxidation sites excluding steroid dienone is 2. The quantitative estimate of drug-likeness (QED) is 0.735. The van der Waals surface area contributed by atoms with Crippen LogP contribution in [0.1, 0.15) is 33.6 Å². The molecule has 100 valence electrons. The van der Waals surface area contributed by atoms with Gasteiger partial charge in [0.2, 0.25) is 0 Å². The number of carbonyl (C=O) groups is 1. The van der Waals surface area contributed by atoms with E-state index in [2.05, 4.69) is 6.58 Å². The zero-order valence-electron chi connectivity index (χ0n) is 11.3. The number of carbonyl (C=O) groups excluding carboxylic acids is 1. The third-order valence-corrected chi connectivity index (χ3v) is 4.66. The number of aliphatic hydroxyl groups is 2. The van der Waals surface area contributed by atoms with Crippen LogP contribution in [0.5, 0.6) is 0 Å². The van der Waals surface area contributed by atoms with Gasteiger partial charge in [0.05, 0.1) is 5.92 Å². The predicted molar refractivity (Wildman–Crippen MR) is 69.9 cm³/mol. The van der Waals surface area contributed by atoms with Crippen LogP contribution in [0.25, 0.3) is 0 Å². The highest BCUT2D eigenvalue weighted by atomic mass is 16.3. The third kappa shape index (κ3) is 1.77. The Kier molecular flexibility index (Phi) is 3.24. The first kappa shape index (κ1) is 13.5. The molecule has 5 atom stereocenters. The van der Waals surface area contributed by atoms with E-state index in [9.17, 15) is 15.0 Å². The molecular formula is C15H22O3. The summed E-state index contributed by atoms with van der Waals surface area (Å²) in [4.78, 5) is 12.0. The lowest BCUT2D eigenvalue weighted by Gasteiger charge is -2.54. The first-order valence-electron chi connectivity index (χ1n) is 6.54. The van der Waals surface area contributed by atoms with Crippen molar-refractivity contribution in [1.82, 2.24) is 0 Å². The highest BCUT2D eigenvalue weighted by molar-refractivity contribution is 5.86. The van der Waals surface area contributed by atoms with Crippen molar-refractivity contribution in [3.8, 4) is 0 Å². The second kappa shape index (κ2) is 4.32. The zero-order chi connectivity index (χ0) is 13.7. The molecule has 0 spiro atoms. The van der Waals surface area contributed by atoms with Gasteiger partial charge in [0.15, 0.2) is 0 Å². The van der Waals surface area contributed by atoms with Crippen LogP contribution < -0.4 is 0 Å². The van der Waals surface area contributed by atoms with Gasteiger partial charge in [-0.15, -0.1) is 0 Å². The minimum atomic E-state index is -1.33. The zero-order valence-corrected chi connectivity index (χ0v) is 11.3. The molecule has 0 radical (unpaired) electrons. The van der Waals surface area contributed by atoms with Gasteiger partial charge < -0.3 is 10.2 Å². The van der Waals surface area contributed by atoms with Gasteiger partial charge in [0.1, 0.15) is 17.5 Å². The lowest BCUT2D eigenvalue weighted by atomic mass is 9.53. The smallest absolute Gasteiger partial charge is 0.139 e. The van der Waals surface area contributed by atoms with Crippen LogP contribution in [0, 0.1) is 17.8 Å². The molecule has 0 aromatic heterocycles. The van der Waals surface area contributed by atoms with Crippen molar-refractivity contribution in [2.45, 2.75) is 45.3 Å². The Morgan fingerprint density at radius 3 is 2.67 bits per heavy atom. The average Bonchev–Trinajstić information content (AvgIpc) is 2.26.